The maximum Gasteiger partial charge on any atom is 0.407 e. The smallest absolute Gasteiger partial charge is 0.407 e. The van der Waals surface area contributed by atoms with Gasteiger partial charge in [-0.1, -0.05) is 39.8 Å². The number of benzene rings is 1. The maximum absolute atomic E-state index is 14.5. The Labute approximate surface area is 374 Å². The number of rotatable bonds is 12. The van der Waals surface area contributed by atoms with E-state index < -0.39 is 95.6 Å². The summed E-state index contributed by atoms with van der Waals surface area (Å²) in [5.41, 5.74) is -3.68. The highest BCUT2D eigenvalue weighted by Gasteiger charge is 2.53. The van der Waals surface area contributed by atoms with E-state index in [1.165, 1.54) is 21.1 Å². The third-order valence-electron chi connectivity index (χ3n) is 13.9. The van der Waals surface area contributed by atoms with E-state index in [4.69, 9.17) is 37.9 Å². The maximum atomic E-state index is 14.5. The van der Waals surface area contributed by atoms with Gasteiger partial charge in [0.25, 0.3) is 0 Å². The van der Waals surface area contributed by atoms with Crippen LogP contribution in [0.15, 0.2) is 24.3 Å². The molecule has 0 bridgehead atoms. The molecular weight excluding hydrogens is 817 g/mol. The molecule has 1 aromatic carbocycles. The summed E-state index contributed by atoms with van der Waals surface area (Å²) in [7, 11) is 8.29. The van der Waals surface area contributed by atoms with E-state index >= 15 is 0 Å². The highest BCUT2D eigenvalue weighted by Crippen LogP contribution is 2.42. The number of aliphatic hydroxyl groups excluding tert-OH is 1. The number of carbonyl (C=O) groups excluding carboxylic acids is 3. The molecule has 0 radical (unpaired) electrons. The summed E-state index contributed by atoms with van der Waals surface area (Å²) in [4.78, 5) is 43.5. The molecule has 1 aliphatic carbocycles. The zero-order valence-electron chi connectivity index (χ0n) is 40.1. The van der Waals surface area contributed by atoms with Crippen LogP contribution in [-0.4, -0.2) is 151 Å². The van der Waals surface area contributed by atoms with Crippen LogP contribution in [0.2, 0.25) is 0 Å². The number of methoxy groups -OCH3 is 3. The molecule has 3 fully saturated rings. The second-order valence-electron chi connectivity index (χ2n) is 19.4. The first-order chi connectivity index (χ1) is 29.4. The minimum Gasteiger partial charge on any atom is -0.497 e. The lowest BCUT2D eigenvalue weighted by Gasteiger charge is -2.49. The van der Waals surface area contributed by atoms with Crippen molar-refractivity contribution in [2.45, 2.75) is 185 Å². The summed E-state index contributed by atoms with van der Waals surface area (Å²) in [5, 5.41) is 38.4. The van der Waals surface area contributed by atoms with Crippen molar-refractivity contribution in [3.05, 3.63) is 29.8 Å². The molecule has 1 saturated carbocycles. The van der Waals surface area contributed by atoms with Crippen LogP contribution in [0.3, 0.4) is 0 Å². The molecule has 16 nitrogen and oxygen atoms in total. The molecule has 0 unspecified atom stereocenters. The predicted octanol–water partition coefficient (Wildman–Crippen LogP) is 4.80. The summed E-state index contributed by atoms with van der Waals surface area (Å²) < 4.78 is 49.5. The molecule has 16 heteroatoms. The van der Waals surface area contributed by atoms with E-state index in [1.807, 2.05) is 58.8 Å². The molecule has 2 aliphatic heterocycles. The number of Topliss-reactive ketones (excluding diaryl/α,β-unsaturated/α-hetero) is 1. The van der Waals surface area contributed by atoms with Gasteiger partial charge in [0.05, 0.1) is 49.1 Å². The number of cyclic esters (lactones) is 1. The summed E-state index contributed by atoms with van der Waals surface area (Å²) in [5.74, 6) is -2.86. The first-order valence-electron chi connectivity index (χ1n) is 22.6. The number of esters is 1. The van der Waals surface area contributed by atoms with Crippen molar-refractivity contribution in [1.29, 1.82) is 0 Å². The molecule has 0 spiro atoms. The molecule has 1 aromatic rings. The fourth-order valence-corrected chi connectivity index (χ4v) is 10.1. The molecule has 2 saturated heterocycles. The van der Waals surface area contributed by atoms with Crippen molar-refractivity contribution < 1.29 is 67.6 Å². The topological polar surface area (TPSA) is 201 Å². The molecular formula is C47H78N2O14. The van der Waals surface area contributed by atoms with Crippen molar-refractivity contribution in [1.82, 2.24) is 10.2 Å². The van der Waals surface area contributed by atoms with Crippen LogP contribution in [-0.2, 0) is 49.3 Å². The SMILES string of the molecule is CC[C@H]1OC(=O)[C@H](C)[C@@H](O[C@@H]2C[C@@H](C)[C@H](OC(=O)NCc3ccc(OC)cc3)[C@](C)(O)C2)[C@H](C)[C@@H](O[C@@H]2O[C@H](C)C[C@H](N(C)C)[C@H]2O)[C@@](C)(OC)C[C@@H](C)C(=O)C[C@@H](OC)[C@]1(C)O. The minimum atomic E-state index is -1.74. The van der Waals surface area contributed by atoms with Crippen molar-refractivity contribution in [2.75, 3.05) is 35.4 Å². The number of likely N-dealkylation sites (N-methyl/N-ethyl adjacent to an activating group) is 1. The molecule has 4 rings (SSSR count). The minimum absolute atomic E-state index is 0.0473. The second kappa shape index (κ2) is 22.0. The molecule has 2 heterocycles. The predicted molar refractivity (Wildman–Crippen MR) is 234 cm³/mol. The average molecular weight is 895 g/mol. The molecule has 4 N–H and O–H groups in total. The van der Waals surface area contributed by atoms with Crippen molar-refractivity contribution >= 4 is 17.8 Å². The van der Waals surface area contributed by atoms with Crippen LogP contribution in [0, 0.1) is 23.7 Å². The van der Waals surface area contributed by atoms with Gasteiger partial charge in [-0.2, -0.15) is 0 Å². The van der Waals surface area contributed by atoms with Gasteiger partial charge in [-0.05, 0) is 98.0 Å². The molecule has 17 atom stereocenters. The fourth-order valence-electron chi connectivity index (χ4n) is 10.1. The van der Waals surface area contributed by atoms with Crippen LogP contribution in [0.1, 0.15) is 106 Å². The Morgan fingerprint density at radius 2 is 1.59 bits per heavy atom. The first kappa shape index (κ1) is 52.7. The average Bonchev–Trinajstić information content (AvgIpc) is 3.23. The number of hydrogen-bond acceptors (Lipinski definition) is 15. The Bertz CT molecular complexity index is 1640. The van der Waals surface area contributed by atoms with Crippen LogP contribution in [0.25, 0.3) is 0 Å². The lowest BCUT2D eigenvalue weighted by molar-refractivity contribution is -0.304. The normalized spacial score (nSPS) is 41.0. The Morgan fingerprint density at radius 3 is 2.14 bits per heavy atom. The van der Waals surface area contributed by atoms with E-state index in [0.717, 1.165) is 5.56 Å². The second-order valence-corrected chi connectivity index (χ2v) is 19.4. The Morgan fingerprint density at radius 1 is 0.937 bits per heavy atom. The van der Waals surface area contributed by atoms with Crippen LogP contribution in [0.5, 0.6) is 5.75 Å². The van der Waals surface area contributed by atoms with Gasteiger partial charge >= 0.3 is 12.1 Å². The third-order valence-corrected chi connectivity index (χ3v) is 13.9. The fraction of sp³-hybridized carbons (Fsp3) is 0.809. The van der Waals surface area contributed by atoms with Gasteiger partial charge in [0.2, 0.25) is 0 Å². The quantitative estimate of drug-likeness (QED) is 0.209. The molecule has 3 aliphatic rings. The van der Waals surface area contributed by atoms with Gasteiger partial charge in [0, 0.05) is 51.5 Å². The van der Waals surface area contributed by atoms with Gasteiger partial charge in [-0.25, -0.2) is 4.79 Å². The van der Waals surface area contributed by atoms with Gasteiger partial charge < -0.3 is 63.4 Å². The van der Waals surface area contributed by atoms with E-state index in [0.29, 0.717) is 18.6 Å². The number of carbonyl (C=O) groups is 3. The van der Waals surface area contributed by atoms with Crippen molar-refractivity contribution in [3.63, 3.8) is 0 Å². The summed E-state index contributed by atoms with van der Waals surface area (Å²) in [6.45, 7) is 16.1. The summed E-state index contributed by atoms with van der Waals surface area (Å²) in [6, 6.07) is 6.97. The van der Waals surface area contributed by atoms with Crippen molar-refractivity contribution in [3.8, 4) is 5.75 Å². The molecule has 1 amide bonds. The highest BCUT2D eigenvalue weighted by atomic mass is 16.7. The molecule has 360 valence electrons. The molecule has 0 aromatic heterocycles. The number of nitrogens with zero attached hydrogens (tertiary/aromatic N) is 1. The molecule has 63 heavy (non-hydrogen) atoms. The summed E-state index contributed by atoms with van der Waals surface area (Å²) >= 11 is 0. The zero-order chi connectivity index (χ0) is 47.2. The lowest BCUT2D eigenvalue weighted by atomic mass is 9.74. The summed E-state index contributed by atoms with van der Waals surface area (Å²) in [6.07, 6.45) is -7.45. The number of hydrogen-bond donors (Lipinski definition) is 4. The number of alkyl carbamates (subject to hydrolysis) is 1. The van der Waals surface area contributed by atoms with E-state index in [2.05, 4.69) is 5.32 Å². The van der Waals surface area contributed by atoms with Crippen LogP contribution >= 0.6 is 0 Å². The largest absolute Gasteiger partial charge is 0.497 e. The van der Waals surface area contributed by atoms with Crippen molar-refractivity contribution in [2.24, 2.45) is 23.7 Å². The van der Waals surface area contributed by atoms with E-state index in [-0.39, 0.29) is 56.1 Å². The zero-order valence-corrected chi connectivity index (χ0v) is 40.1. The van der Waals surface area contributed by atoms with Crippen LogP contribution < -0.4 is 10.1 Å². The standard InChI is InChI=1S/C47H78N2O14/c1-15-36-47(9,55)37(57-13)22-35(50)27(3)23-46(8,58-14)41(62-43-38(51)34(49(10)11)21-28(4)59-43)29(5)39(30(6)42(52)61-36)60-33-20-26(2)40(45(7,54)24-33)63-44(53)48-25-31-16-18-32(56-12)19-17-31/h16-19,26-30,33-34,36-41,43,51,54-55H,15,20-25H2,1-14H3,(H,48,53)/t26-,27-,28-,29+,30-,33-,34+,36-,37-,38-,39+,40+,41-,43+,45-,46+,47-/m1/s1. The lowest BCUT2D eigenvalue weighted by Crippen LogP contribution is -2.60. The number of amides is 1. The Hall–Kier alpha value is -2.93. The van der Waals surface area contributed by atoms with E-state index in [1.54, 1.807) is 46.9 Å². The van der Waals surface area contributed by atoms with Crippen LogP contribution in [0.4, 0.5) is 4.79 Å². The van der Waals surface area contributed by atoms with Gasteiger partial charge in [-0.15, -0.1) is 0 Å². The Balaban J connectivity index is 1.72. The number of nitrogens with one attached hydrogen (secondary N) is 1. The van der Waals surface area contributed by atoms with Gasteiger partial charge in [0.15, 0.2) is 6.29 Å². The monoisotopic (exact) mass is 895 g/mol. The highest BCUT2D eigenvalue weighted by molar-refractivity contribution is 5.81. The number of ketones is 1. The first-order valence-corrected chi connectivity index (χ1v) is 22.6. The number of ether oxygens (including phenoxy) is 8. The van der Waals surface area contributed by atoms with E-state index in [9.17, 15) is 29.7 Å². The Kier molecular flexibility index (Phi) is 18.4. The number of aliphatic hydroxyl groups is 3. The third kappa shape index (κ3) is 12.7. The van der Waals surface area contributed by atoms with Gasteiger partial charge in [-0.3, -0.25) is 9.59 Å². The van der Waals surface area contributed by atoms with Gasteiger partial charge in [0.1, 0.15) is 41.0 Å².